The molecule has 0 amide bonds. The van der Waals surface area contributed by atoms with Crippen molar-refractivity contribution in [2.75, 3.05) is 0 Å². The summed E-state index contributed by atoms with van der Waals surface area (Å²) in [5.74, 6) is 0. The number of hydrogen-bond acceptors (Lipinski definition) is 1. The van der Waals surface area contributed by atoms with Gasteiger partial charge in [-0.1, -0.05) is 42.5 Å². The van der Waals surface area contributed by atoms with Crippen molar-refractivity contribution in [2.45, 2.75) is 45.7 Å². The fourth-order valence-electron chi connectivity index (χ4n) is 3.12. The normalized spacial score (nSPS) is 17.8. The minimum Gasteiger partial charge on any atom is -0.306 e. The van der Waals surface area contributed by atoms with Crippen LogP contribution in [0.25, 0.3) is 0 Å². The molecule has 104 valence electrons. The average molecular weight is 265 g/mol. The quantitative estimate of drug-likeness (QED) is 0.863. The first-order chi connectivity index (χ1) is 9.74. The molecule has 1 atom stereocenters. The molecule has 1 N–H and O–H groups in total. The van der Waals surface area contributed by atoms with Crippen LogP contribution in [0.3, 0.4) is 0 Å². The summed E-state index contributed by atoms with van der Waals surface area (Å²) in [6.07, 6.45) is 3.78. The van der Waals surface area contributed by atoms with Gasteiger partial charge in [0.05, 0.1) is 0 Å². The van der Waals surface area contributed by atoms with Crippen LogP contribution in [-0.4, -0.2) is 0 Å². The molecule has 0 spiro atoms. The fraction of sp³-hybridized carbons (Fsp3) is 0.368. The van der Waals surface area contributed by atoms with Crippen LogP contribution in [0.1, 0.15) is 46.7 Å². The lowest BCUT2D eigenvalue weighted by atomic mass is 9.87. The lowest BCUT2D eigenvalue weighted by Crippen LogP contribution is -2.24. The van der Waals surface area contributed by atoms with Crippen molar-refractivity contribution in [2.24, 2.45) is 0 Å². The van der Waals surface area contributed by atoms with E-state index in [0.717, 1.165) is 6.54 Å². The summed E-state index contributed by atoms with van der Waals surface area (Å²) < 4.78 is 0. The first-order valence-electron chi connectivity index (χ1n) is 7.61. The maximum Gasteiger partial charge on any atom is 0.0326 e. The summed E-state index contributed by atoms with van der Waals surface area (Å²) in [7, 11) is 0. The molecule has 1 unspecified atom stereocenters. The highest BCUT2D eigenvalue weighted by Crippen LogP contribution is 2.29. The maximum atomic E-state index is 3.74. The molecule has 0 radical (unpaired) electrons. The van der Waals surface area contributed by atoms with Crippen molar-refractivity contribution < 1.29 is 0 Å². The fourth-order valence-corrected chi connectivity index (χ4v) is 3.12. The third kappa shape index (κ3) is 2.78. The number of benzene rings is 2. The Morgan fingerprint density at radius 1 is 1.05 bits per heavy atom. The molecule has 3 rings (SSSR count). The summed E-state index contributed by atoms with van der Waals surface area (Å²) in [5, 5.41) is 3.74. The minimum absolute atomic E-state index is 0.515. The minimum atomic E-state index is 0.515. The van der Waals surface area contributed by atoms with Gasteiger partial charge in [0.1, 0.15) is 0 Å². The number of hydrogen-bond donors (Lipinski definition) is 1. The Bertz CT molecular complexity index is 600. The molecule has 1 aliphatic carbocycles. The third-order valence-electron chi connectivity index (χ3n) is 4.49. The van der Waals surface area contributed by atoms with Crippen molar-refractivity contribution in [1.29, 1.82) is 0 Å². The van der Waals surface area contributed by atoms with Crippen LogP contribution < -0.4 is 5.32 Å². The molecule has 1 aliphatic rings. The van der Waals surface area contributed by atoms with E-state index < -0.39 is 0 Å². The molecule has 0 bridgehead atoms. The topological polar surface area (TPSA) is 12.0 Å². The summed E-state index contributed by atoms with van der Waals surface area (Å²) in [5.41, 5.74) is 7.17. The molecule has 0 aliphatic heterocycles. The summed E-state index contributed by atoms with van der Waals surface area (Å²) >= 11 is 0. The van der Waals surface area contributed by atoms with E-state index in [4.69, 9.17) is 0 Å². The Morgan fingerprint density at radius 2 is 1.90 bits per heavy atom. The van der Waals surface area contributed by atoms with Crippen LogP contribution in [0.5, 0.6) is 0 Å². The van der Waals surface area contributed by atoms with Gasteiger partial charge in [-0.15, -0.1) is 0 Å². The molecular formula is C19H23N. The molecular weight excluding hydrogens is 242 g/mol. The van der Waals surface area contributed by atoms with E-state index in [1.54, 1.807) is 0 Å². The molecule has 2 aromatic carbocycles. The van der Waals surface area contributed by atoms with E-state index in [0.29, 0.717) is 6.04 Å². The predicted octanol–water partition coefficient (Wildman–Crippen LogP) is 4.47. The molecule has 1 nitrogen and oxygen atoms in total. The zero-order valence-electron chi connectivity index (χ0n) is 12.4. The Balaban J connectivity index is 1.71. The van der Waals surface area contributed by atoms with Gasteiger partial charge in [-0.25, -0.2) is 0 Å². The molecule has 2 aromatic rings. The molecule has 20 heavy (non-hydrogen) atoms. The van der Waals surface area contributed by atoms with Crippen LogP contribution in [0.4, 0.5) is 0 Å². The molecule has 1 heteroatoms. The number of nitrogens with one attached hydrogen (secondary N) is 1. The van der Waals surface area contributed by atoms with E-state index in [9.17, 15) is 0 Å². The summed E-state index contributed by atoms with van der Waals surface area (Å²) in [4.78, 5) is 0. The Kier molecular flexibility index (Phi) is 3.88. The van der Waals surface area contributed by atoms with Gasteiger partial charge >= 0.3 is 0 Å². The summed E-state index contributed by atoms with van der Waals surface area (Å²) in [6.45, 7) is 5.32. The van der Waals surface area contributed by atoms with Gasteiger partial charge in [0.25, 0.3) is 0 Å². The largest absolute Gasteiger partial charge is 0.306 e. The van der Waals surface area contributed by atoms with Crippen molar-refractivity contribution in [3.63, 3.8) is 0 Å². The molecule has 0 heterocycles. The van der Waals surface area contributed by atoms with Crippen LogP contribution >= 0.6 is 0 Å². The molecule has 0 saturated heterocycles. The highest BCUT2D eigenvalue weighted by molar-refractivity contribution is 5.33. The Hall–Kier alpha value is -1.60. The SMILES string of the molecule is Cc1ccc(CNC2CCCc3ccccc32)cc1C. The van der Waals surface area contributed by atoms with Crippen molar-refractivity contribution in [3.05, 3.63) is 70.3 Å². The van der Waals surface area contributed by atoms with Gasteiger partial charge in [-0.05, 0) is 60.9 Å². The lowest BCUT2D eigenvalue weighted by molar-refractivity contribution is 0.459. The van der Waals surface area contributed by atoms with E-state index in [1.165, 1.54) is 47.1 Å². The number of rotatable bonds is 3. The zero-order valence-corrected chi connectivity index (χ0v) is 12.4. The smallest absolute Gasteiger partial charge is 0.0326 e. The van der Waals surface area contributed by atoms with E-state index >= 15 is 0 Å². The van der Waals surface area contributed by atoms with E-state index in [2.05, 4.69) is 61.6 Å². The van der Waals surface area contributed by atoms with Crippen LogP contribution in [0.15, 0.2) is 42.5 Å². The van der Waals surface area contributed by atoms with Gasteiger partial charge in [0.15, 0.2) is 0 Å². The lowest BCUT2D eigenvalue weighted by Gasteiger charge is -2.26. The van der Waals surface area contributed by atoms with Gasteiger partial charge in [-0.2, -0.15) is 0 Å². The van der Waals surface area contributed by atoms with Gasteiger partial charge < -0.3 is 5.32 Å². The van der Waals surface area contributed by atoms with Crippen molar-refractivity contribution in [3.8, 4) is 0 Å². The van der Waals surface area contributed by atoms with Gasteiger partial charge in [-0.3, -0.25) is 0 Å². The first-order valence-corrected chi connectivity index (χ1v) is 7.61. The van der Waals surface area contributed by atoms with Gasteiger partial charge in [0, 0.05) is 12.6 Å². The standard InChI is InChI=1S/C19H23N/c1-14-10-11-16(12-15(14)2)13-20-19-9-5-7-17-6-3-4-8-18(17)19/h3-4,6,8,10-12,19-20H,5,7,9,13H2,1-2H3. The van der Waals surface area contributed by atoms with Crippen LogP contribution in [-0.2, 0) is 13.0 Å². The highest BCUT2D eigenvalue weighted by Gasteiger charge is 2.18. The van der Waals surface area contributed by atoms with E-state index in [-0.39, 0.29) is 0 Å². The summed E-state index contributed by atoms with van der Waals surface area (Å²) in [6, 6.07) is 16.2. The highest BCUT2D eigenvalue weighted by atomic mass is 14.9. The predicted molar refractivity (Wildman–Crippen MR) is 84.9 cm³/mol. The molecule has 0 aromatic heterocycles. The second kappa shape index (κ2) is 5.80. The van der Waals surface area contributed by atoms with Crippen LogP contribution in [0.2, 0.25) is 0 Å². The van der Waals surface area contributed by atoms with Crippen molar-refractivity contribution in [1.82, 2.24) is 5.32 Å². The molecule has 0 fully saturated rings. The zero-order chi connectivity index (χ0) is 13.9. The van der Waals surface area contributed by atoms with Crippen LogP contribution in [0, 0.1) is 13.8 Å². The maximum absolute atomic E-state index is 3.74. The van der Waals surface area contributed by atoms with E-state index in [1.807, 2.05) is 0 Å². The molecule has 0 saturated carbocycles. The first kappa shape index (κ1) is 13.4. The Labute approximate surface area is 122 Å². The second-order valence-corrected chi connectivity index (χ2v) is 5.94. The third-order valence-corrected chi connectivity index (χ3v) is 4.49. The average Bonchev–Trinajstić information content (AvgIpc) is 2.48. The monoisotopic (exact) mass is 265 g/mol. The number of fused-ring (bicyclic) bond motifs is 1. The number of aryl methyl sites for hydroxylation is 3. The van der Waals surface area contributed by atoms with Gasteiger partial charge in [0.2, 0.25) is 0 Å². The second-order valence-electron chi connectivity index (χ2n) is 5.94. The Morgan fingerprint density at radius 3 is 2.75 bits per heavy atom. The van der Waals surface area contributed by atoms with Crippen molar-refractivity contribution >= 4 is 0 Å².